The van der Waals surface area contributed by atoms with E-state index in [4.69, 9.17) is 4.74 Å². The quantitative estimate of drug-likeness (QED) is 0.344. The molecule has 1 aromatic heterocycles. The Morgan fingerprint density at radius 3 is 2.41 bits per heavy atom. The molecule has 0 saturated carbocycles. The first kappa shape index (κ1) is 21.0. The van der Waals surface area contributed by atoms with Gasteiger partial charge in [0, 0.05) is 5.56 Å². The summed E-state index contributed by atoms with van der Waals surface area (Å²) < 4.78 is 11.5. The molecule has 0 unspecified atom stereocenters. The molecule has 0 bridgehead atoms. The minimum absolute atomic E-state index is 0.252. The van der Waals surface area contributed by atoms with Gasteiger partial charge in [0.2, 0.25) is 0 Å². The molecule has 0 N–H and O–H groups in total. The summed E-state index contributed by atoms with van der Waals surface area (Å²) in [6, 6.07) is 23.7. The van der Waals surface area contributed by atoms with E-state index in [1.54, 1.807) is 49.5 Å². The van der Waals surface area contributed by atoms with E-state index in [1.807, 2.05) is 42.5 Å². The highest BCUT2D eigenvalue weighted by atomic mass is 16.6. The Balaban J connectivity index is 1.69. The lowest BCUT2D eigenvalue weighted by molar-refractivity contribution is -0.147. The molecule has 0 aliphatic rings. The number of hydrogen-bond donors (Lipinski definition) is 0. The van der Waals surface area contributed by atoms with E-state index in [0.29, 0.717) is 22.5 Å². The topological polar surface area (TPSA) is 82.8 Å². The molecule has 32 heavy (non-hydrogen) atoms. The van der Waals surface area contributed by atoms with Crippen molar-refractivity contribution in [2.24, 2.45) is 5.10 Å². The van der Waals surface area contributed by atoms with Crippen molar-refractivity contribution in [1.82, 2.24) is 9.66 Å². The summed E-state index contributed by atoms with van der Waals surface area (Å²) in [6.45, 7) is 1.62. The third-order valence-electron chi connectivity index (χ3n) is 4.83. The fourth-order valence-corrected chi connectivity index (χ4v) is 3.18. The average Bonchev–Trinajstić information content (AvgIpc) is 2.84. The van der Waals surface area contributed by atoms with E-state index >= 15 is 0 Å². The Morgan fingerprint density at radius 2 is 1.69 bits per heavy atom. The van der Waals surface area contributed by atoms with Crippen LogP contribution in [0.3, 0.4) is 0 Å². The molecule has 1 atom stereocenters. The molecule has 3 aromatic carbocycles. The molecule has 7 nitrogen and oxygen atoms in total. The smallest absolute Gasteiger partial charge is 0.346 e. The summed E-state index contributed by atoms with van der Waals surface area (Å²) in [5.41, 5.74) is 1.90. The number of benzene rings is 3. The second-order valence-corrected chi connectivity index (χ2v) is 7.03. The third-order valence-corrected chi connectivity index (χ3v) is 4.83. The van der Waals surface area contributed by atoms with Crippen molar-refractivity contribution in [3.63, 3.8) is 0 Å². The molecule has 7 heteroatoms. The second kappa shape index (κ2) is 9.26. The zero-order valence-electron chi connectivity index (χ0n) is 17.6. The zero-order valence-corrected chi connectivity index (χ0v) is 17.6. The lowest BCUT2D eigenvalue weighted by Crippen LogP contribution is -2.24. The molecule has 4 rings (SSSR count). The standard InChI is InChI=1S/C25H21N3O4/c1-17(25(30)31-2)32-20-14-12-18(13-15-20)16-26-28-23(19-8-4-3-5-9-19)27-22-11-7-6-10-21(22)24(28)29/h3-17H,1-2H3/t17-/m1/s1. The Hall–Kier alpha value is -4.26. The molecule has 1 heterocycles. The van der Waals surface area contributed by atoms with Gasteiger partial charge in [0.1, 0.15) is 5.75 Å². The Labute approximate surface area is 184 Å². The molecule has 0 aliphatic heterocycles. The predicted octanol–water partition coefficient (Wildman–Crippen LogP) is 3.89. The van der Waals surface area contributed by atoms with Crippen LogP contribution in [0.5, 0.6) is 5.75 Å². The normalized spacial score (nSPS) is 12.1. The Morgan fingerprint density at radius 1 is 1.00 bits per heavy atom. The average molecular weight is 427 g/mol. The molecule has 0 aliphatic carbocycles. The maximum absolute atomic E-state index is 13.2. The minimum Gasteiger partial charge on any atom is -0.479 e. The van der Waals surface area contributed by atoms with Gasteiger partial charge in [0.15, 0.2) is 11.9 Å². The van der Waals surface area contributed by atoms with Gasteiger partial charge >= 0.3 is 5.97 Å². The van der Waals surface area contributed by atoms with Crippen LogP contribution in [0.15, 0.2) is 88.8 Å². The number of hydrogen-bond acceptors (Lipinski definition) is 6. The number of rotatable bonds is 6. The SMILES string of the molecule is COC(=O)[C@@H](C)Oc1ccc(C=Nn2c(-c3ccccc3)nc3ccccc3c2=O)cc1. The van der Waals surface area contributed by atoms with E-state index in [9.17, 15) is 9.59 Å². The van der Waals surface area contributed by atoms with Gasteiger partial charge in [-0.05, 0) is 48.9 Å². The molecular weight excluding hydrogens is 406 g/mol. The first-order valence-electron chi connectivity index (χ1n) is 10.0. The first-order chi connectivity index (χ1) is 15.6. The van der Waals surface area contributed by atoms with E-state index < -0.39 is 12.1 Å². The van der Waals surface area contributed by atoms with Crippen molar-refractivity contribution < 1.29 is 14.3 Å². The van der Waals surface area contributed by atoms with E-state index in [2.05, 4.69) is 14.8 Å². The lowest BCUT2D eigenvalue weighted by Gasteiger charge is -2.12. The Kier molecular flexibility index (Phi) is 6.07. The number of carbonyl (C=O) groups excluding carboxylic acids is 1. The number of carbonyl (C=O) groups is 1. The first-order valence-corrected chi connectivity index (χ1v) is 10.0. The largest absolute Gasteiger partial charge is 0.479 e. The van der Waals surface area contributed by atoms with Gasteiger partial charge in [-0.15, -0.1) is 0 Å². The number of nitrogens with zero attached hydrogens (tertiary/aromatic N) is 3. The predicted molar refractivity (Wildman–Crippen MR) is 123 cm³/mol. The molecule has 0 radical (unpaired) electrons. The van der Waals surface area contributed by atoms with Gasteiger partial charge in [-0.3, -0.25) is 4.79 Å². The molecular formula is C25H21N3O4. The van der Waals surface area contributed by atoms with Crippen LogP contribution >= 0.6 is 0 Å². The molecule has 0 spiro atoms. The zero-order chi connectivity index (χ0) is 22.5. The highest BCUT2D eigenvalue weighted by Gasteiger charge is 2.14. The fraction of sp³-hybridized carbons (Fsp3) is 0.120. The van der Waals surface area contributed by atoms with E-state index in [1.165, 1.54) is 11.8 Å². The van der Waals surface area contributed by atoms with Crippen LogP contribution < -0.4 is 10.3 Å². The maximum Gasteiger partial charge on any atom is 0.346 e. The summed E-state index contributed by atoms with van der Waals surface area (Å²) in [6.07, 6.45) is 0.868. The summed E-state index contributed by atoms with van der Waals surface area (Å²) in [5.74, 6) is 0.527. The molecule has 4 aromatic rings. The number of methoxy groups -OCH3 is 1. The van der Waals surface area contributed by atoms with Gasteiger partial charge < -0.3 is 9.47 Å². The van der Waals surface area contributed by atoms with Crippen LogP contribution in [0.1, 0.15) is 12.5 Å². The highest BCUT2D eigenvalue weighted by molar-refractivity contribution is 5.82. The van der Waals surface area contributed by atoms with Crippen molar-refractivity contribution in [1.29, 1.82) is 0 Å². The highest BCUT2D eigenvalue weighted by Crippen LogP contribution is 2.19. The third kappa shape index (κ3) is 4.41. The fourth-order valence-electron chi connectivity index (χ4n) is 3.18. The summed E-state index contributed by atoms with van der Waals surface area (Å²) in [4.78, 5) is 29.3. The van der Waals surface area contributed by atoms with Crippen molar-refractivity contribution in [2.45, 2.75) is 13.0 Å². The van der Waals surface area contributed by atoms with Gasteiger partial charge in [-0.2, -0.15) is 9.78 Å². The summed E-state index contributed by atoms with van der Waals surface area (Å²) in [7, 11) is 1.31. The van der Waals surface area contributed by atoms with E-state index in [-0.39, 0.29) is 5.56 Å². The van der Waals surface area contributed by atoms with Crippen LogP contribution in [0.4, 0.5) is 0 Å². The number of ether oxygens (including phenoxy) is 2. The maximum atomic E-state index is 13.2. The van der Waals surface area contributed by atoms with Gasteiger partial charge in [-0.1, -0.05) is 42.5 Å². The van der Waals surface area contributed by atoms with Gasteiger partial charge in [0.25, 0.3) is 5.56 Å². The summed E-state index contributed by atoms with van der Waals surface area (Å²) in [5, 5.41) is 4.93. The van der Waals surface area contributed by atoms with E-state index in [0.717, 1.165) is 11.1 Å². The Bertz CT molecular complexity index is 1330. The minimum atomic E-state index is -0.713. The molecule has 160 valence electrons. The molecule has 0 fully saturated rings. The summed E-state index contributed by atoms with van der Waals surface area (Å²) >= 11 is 0. The van der Waals surface area contributed by atoms with Crippen LogP contribution in [0.25, 0.3) is 22.3 Å². The molecule has 0 saturated heterocycles. The van der Waals surface area contributed by atoms with Crippen molar-refractivity contribution in [3.8, 4) is 17.1 Å². The molecule has 0 amide bonds. The number of aromatic nitrogens is 2. The second-order valence-electron chi connectivity index (χ2n) is 7.03. The van der Waals surface area contributed by atoms with Gasteiger partial charge in [0.05, 0.1) is 24.2 Å². The number of esters is 1. The van der Waals surface area contributed by atoms with Crippen molar-refractivity contribution in [2.75, 3.05) is 7.11 Å². The number of fused-ring (bicyclic) bond motifs is 1. The number of para-hydroxylation sites is 1. The van der Waals surface area contributed by atoms with Crippen LogP contribution in [-0.4, -0.2) is 35.1 Å². The monoisotopic (exact) mass is 427 g/mol. The van der Waals surface area contributed by atoms with Crippen molar-refractivity contribution in [3.05, 3.63) is 94.8 Å². The van der Waals surface area contributed by atoms with Crippen LogP contribution in [0.2, 0.25) is 0 Å². The van der Waals surface area contributed by atoms with Crippen LogP contribution in [0, 0.1) is 0 Å². The van der Waals surface area contributed by atoms with Crippen molar-refractivity contribution >= 4 is 23.1 Å². The van der Waals surface area contributed by atoms with Gasteiger partial charge in [-0.25, -0.2) is 9.78 Å². The van der Waals surface area contributed by atoms with Crippen LogP contribution in [-0.2, 0) is 9.53 Å². The lowest BCUT2D eigenvalue weighted by atomic mass is 10.2.